The molecule has 3 heterocycles. The van der Waals surface area contributed by atoms with Crippen molar-refractivity contribution in [2.45, 2.75) is 43.1 Å². The molecule has 36 heavy (non-hydrogen) atoms. The van der Waals surface area contributed by atoms with Crippen LogP contribution in [0.1, 0.15) is 34.9 Å². The minimum absolute atomic E-state index is 0.123. The van der Waals surface area contributed by atoms with Gasteiger partial charge >= 0.3 is 0 Å². The van der Waals surface area contributed by atoms with Gasteiger partial charge in [0.2, 0.25) is 11.8 Å². The van der Waals surface area contributed by atoms with Gasteiger partial charge in [-0.15, -0.1) is 0 Å². The molecule has 3 aliphatic rings. The van der Waals surface area contributed by atoms with Crippen LogP contribution in [-0.4, -0.2) is 82.9 Å². The molecule has 0 aliphatic carbocycles. The number of benzene rings is 2. The van der Waals surface area contributed by atoms with Crippen LogP contribution in [0.5, 0.6) is 5.75 Å². The number of fused-ring (bicyclic) bond motifs is 2. The highest BCUT2D eigenvalue weighted by Crippen LogP contribution is 2.30. The first-order valence-corrected chi connectivity index (χ1v) is 12.0. The number of carbonyl (C=O) groups excluding carboxylic acids is 4. The van der Waals surface area contributed by atoms with Crippen LogP contribution in [0.15, 0.2) is 54.6 Å². The number of nitrogens with zero attached hydrogens (tertiary/aromatic N) is 2. The summed E-state index contributed by atoms with van der Waals surface area (Å²) < 4.78 is 5.15. The summed E-state index contributed by atoms with van der Waals surface area (Å²) in [6, 6.07) is 12.7. The number of ether oxygens (including phenoxy) is 1. The van der Waals surface area contributed by atoms with Crippen LogP contribution in [0.2, 0.25) is 0 Å². The van der Waals surface area contributed by atoms with Gasteiger partial charge in [-0.3, -0.25) is 19.2 Å². The van der Waals surface area contributed by atoms with Crippen molar-refractivity contribution in [3.05, 3.63) is 65.7 Å². The standard InChI is InChI=1S/C26H28N4O6/c1-36-18-9-7-16(8-10-18)25(34)29-12-11-19-21(29)26(35)30-14-17(13-20(30)23(32)28-19)27-24(33)22(31)15-5-3-2-4-6-15/h2-10,17,19-22,31H,11-14H2,1H3,(H,27,33)(H,28,32)/t17-,19-,20+,21-,22-/m0/s1. The Kier molecular flexibility index (Phi) is 6.36. The Balaban J connectivity index is 1.31. The van der Waals surface area contributed by atoms with E-state index in [0.717, 1.165) is 0 Å². The topological polar surface area (TPSA) is 128 Å². The molecule has 0 aromatic heterocycles. The van der Waals surface area contributed by atoms with Crippen molar-refractivity contribution >= 4 is 23.6 Å². The lowest BCUT2D eigenvalue weighted by Gasteiger charge is -2.29. The van der Waals surface area contributed by atoms with E-state index in [9.17, 15) is 24.3 Å². The fourth-order valence-electron chi connectivity index (χ4n) is 5.32. The number of nitrogens with one attached hydrogen (secondary N) is 2. The van der Waals surface area contributed by atoms with Crippen molar-refractivity contribution in [2.75, 3.05) is 20.2 Å². The summed E-state index contributed by atoms with van der Waals surface area (Å²) >= 11 is 0. The SMILES string of the molecule is COc1ccc(C(=O)N2CC[C@@H]3NC(=O)[C@H]4C[C@H](NC(=O)[C@@H](O)c5ccccc5)CN4C(=O)[C@H]32)cc1. The highest BCUT2D eigenvalue weighted by atomic mass is 16.5. The van der Waals surface area contributed by atoms with Crippen LogP contribution in [-0.2, 0) is 14.4 Å². The van der Waals surface area contributed by atoms with E-state index < -0.39 is 36.2 Å². The number of aliphatic hydroxyl groups excluding tert-OH is 1. The Labute approximate surface area is 208 Å². The summed E-state index contributed by atoms with van der Waals surface area (Å²) in [6.07, 6.45) is -0.641. The summed E-state index contributed by atoms with van der Waals surface area (Å²) in [5.74, 6) is -0.875. The summed E-state index contributed by atoms with van der Waals surface area (Å²) in [6.45, 7) is 0.464. The molecule has 5 atom stereocenters. The molecule has 3 saturated heterocycles. The maximum atomic E-state index is 13.6. The summed E-state index contributed by atoms with van der Waals surface area (Å²) in [5, 5.41) is 16.1. The molecule has 0 bridgehead atoms. The molecule has 3 N–H and O–H groups in total. The molecule has 4 amide bonds. The zero-order chi connectivity index (χ0) is 25.4. The minimum atomic E-state index is -1.35. The Hall–Kier alpha value is -3.92. The van der Waals surface area contributed by atoms with Gasteiger partial charge in [-0.25, -0.2) is 0 Å². The molecule has 0 saturated carbocycles. The van der Waals surface area contributed by atoms with E-state index in [1.54, 1.807) is 61.7 Å². The molecule has 2 aromatic rings. The number of likely N-dealkylation sites (tertiary alicyclic amines) is 1. The average Bonchev–Trinajstić information content (AvgIpc) is 3.50. The molecule has 10 heteroatoms. The van der Waals surface area contributed by atoms with Crippen LogP contribution in [0.4, 0.5) is 0 Å². The predicted molar refractivity (Wildman–Crippen MR) is 128 cm³/mol. The molecule has 10 nitrogen and oxygen atoms in total. The van der Waals surface area contributed by atoms with Crippen molar-refractivity contribution in [3.8, 4) is 5.75 Å². The second-order valence-corrected chi connectivity index (χ2v) is 9.34. The zero-order valence-corrected chi connectivity index (χ0v) is 19.8. The van der Waals surface area contributed by atoms with E-state index in [4.69, 9.17) is 4.74 Å². The van der Waals surface area contributed by atoms with Gasteiger partial charge < -0.3 is 30.3 Å². The molecule has 188 valence electrons. The lowest BCUT2D eigenvalue weighted by molar-refractivity contribution is -0.138. The highest BCUT2D eigenvalue weighted by Gasteiger charge is 2.52. The number of hydrogen-bond donors (Lipinski definition) is 3. The predicted octanol–water partition coefficient (Wildman–Crippen LogP) is 0.227. The van der Waals surface area contributed by atoms with Crippen molar-refractivity contribution < 1.29 is 29.0 Å². The average molecular weight is 493 g/mol. The van der Waals surface area contributed by atoms with Crippen LogP contribution in [0.25, 0.3) is 0 Å². The Bertz CT molecular complexity index is 1170. The lowest BCUT2D eigenvalue weighted by Crippen LogP contribution is -2.52. The monoisotopic (exact) mass is 492 g/mol. The molecule has 0 unspecified atom stereocenters. The largest absolute Gasteiger partial charge is 0.497 e. The van der Waals surface area contributed by atoms with Gasteiger partial charge in [0.15, 0.2) is 6.10 Å². The number of amides is 4. The Morgan fingerprint density at radius 1 is 1.11 bits per heavy atom. The zero-order valence-electron chi connectivity index (χ0n) is 19.8. The number of hydrogen-bond acceptors (Lipinski definition) is 6. The first-order chi connectivity index (χ1) is 17.4. The lowest BCUT2D eigenvalue weighted by atomic mass is 10.1. The van der Waals surface area contributed by atoms with Gasteiger partial charge in [0.25, 0.3) is 11.8 Å². The third-order valence-corrected chi connectivity index (χ3v) is 7.17. The highest BCUT2D eigenvalue weighted by molar-refractivity contribution is 6.01. The second-order valence-electron chi connectivity index (χ2n) is 9.34. The van der Waals surface area contributed by atoms with Crippen LogP contribution >= 0.6 is 0 Å². The number of carbonyl (C=O) groups is 4. The summed E-state index contributed by atoms with van der Waals surface area (Å²) in [5.41, 5.74) is 0.885. The number of methoxy groups -OCH3 is 1. The van der Waals surface area contributed by atoms with E-state index in [0.29, 0.717) is 29.8 Å². The third-order valence-electron chi connectivity index (χ3n) is 7.17. The van der Waals surface area contributed by atoms with Crippen molar-refractivity contribution in [3.63, 3.8) is 0 Å². The molecular weight excluding hydrogens is 464 g/mol. The van der Waals surface area contributed by atoms with E-state index in [2.05, 4.69) is 10.6 Å². The van der Waals surface area contributed by atoms with Gasteiger partial charge in [0.05, 0.1) is 13.2 Å². The molecule has 3 fully saturated rings. The summed E-state index contributed by atoms with van der Waals surface area (Å²) in [7, 11) is 1.54. The van der Waals surface area contributed by atoms with Gasteiger partial charge in [-0.05, 0) is 42.7 Å². The third kappa shape index (κ3) is 4.28. The van der Waals surface area contributed by atoms with Crippen molar-refractivity contribution in [1.29, 1.82) is 0 Å². The quantitative estimate of drug-likeness (QED) is 0.548. The first-order valence-electron chi connectivity index (χ1n) is 12.0. The van der Waals surface area contributed by atoms with E-state index in [-0.39, 0.29) is 30.7 Å². The normalized spacial score (nSPS) is 25.9. The van der Waals surface area contributed by atoms with E-state index in [1.807, 2.05) is 0 Å². The molecule has 0 spiro atoms. The van der Waals surface area contributed by atoms with Crippen LogP contribution in [0.3, 0.4) is 0 Å². The first kappa shape index (κ1) is 23.8. The van der Waals surface area contributed by atoms with Gasteiger partial charge in [0, 0.05) is 24.7 Å². The molecule has 2 aromatic carbocycles. The fourth-order valence-corrected chi connectivity index (χ4v) is 5.32. The minimum Gasteiger partial charge on any atom is -0.497 e. The van der Waals surface area contributed by atoms with Crippen LogP contribution in [0, 0.1) is 0 Å². The smallest absolute Gasteiger partial charge is 0.254 e. The molecule has 3 aliphatic heterocycles. The maximum Gasteiger partial charge on any atom is 0.254 e. The van der Waals surface area contributed by atoms with E-state index >= 15 is 0 Å². The van der Waals surface area contributed by atoms with Crippen molar-refractivity contribution in [2.24, 2.45) is 0 Å². The molecular formula is C26H28N4O6. The number of rotatable bonds is 5. The number of aliphatic hydroxyl groups is 1. The van der Waals surface area contributed by atoms with E-state index in [1.165, 1.54) is 9.80 Å². The fraction of sp³-hybridized carbons (Fsp3) is 0.385. The van der Waals surface area contributed by atoms with Crippen LogP contribution < -0.4 is 15.4 Å². The van der Waals surface area contributed by atoms with Gasteiger partial charge in [-0.1, -0.05) is 30.3 Å². The van der Waals surface area contributed by atoms with Gasteiger partial charge in [-0.2, -0.15) is 0 Å². The Morgan fingerprint density at radius 3 is 2.53 bits per heavy atom. The van der Waals surface area contributed by atoms with Gasteiger partial charge in [0.1, 0.15) is 17.8 Å². The Morgan fingerprint density at radius 2 is 1.83 bits per heavy atom. The van der Waals surface area contributed by atoms with Crippen molar-refractivity contribution in [1.82, 2.24) is 20.4 Å². The molecule has 0 radical (unpaired) electrons. The molecule has 5 rings (SSSR count). The maximum absolute atomic E-state index is 13.6. The second kappa shape index (κ2) is 9.62. The summed E-state index contributed by atoms with van der Waals surface area (Å²) in [4.78, 5) is 55.5.